The van der Waals surface area contributed by atoms with Gasteiger partial charge in [0.15, 0.2) is 0 Å². The van der Waals surface area contributed by atoms with E-state index < -0.39 is 0 Å². The van der Waals surface area contributed by atoms with Gasteiger partial charge in [0.1, 0.15) is 0 Å². The number of rotatable bonds is 10. The standard InChI is InChI=1S/C14H20N2O.C14H17NO2.C12H15NO2/c1-4-5-12-6-8-13(9-7-12)14(17)15-10-11-16(2)3;1-2-3-12-4-6-13(7-5-12)14(16)15-8-10-17-11-9-15;1-4-5-10-6-8-11(9-7-10)12(14)13(2)15-3/h4-9H,10-11H2,1-3H3,(H,15,17);2-7H,8-11H2,1H3;4-9H,1-3H3/b5-4+;3-2+;5-4+. The third-order valence-electron chi connectivity index (χ3n) is 7.27. The van der Waals surface area contributed by atoms with Crippen LogP contribution in [-0.2, 0) is 9.57 Å². The summed E-state index contributed by atoms with van der Waals surface area (Å²) in [4.78, 5) is 44.2. The molecule has 0 radical (unpaired) electrons. The van der Waals surface area contributed by atoms with Crippen LogP contribution in [-0.4, -0.2) is 100 Å². The lowest BCUT2D eigenvalue weighted by atomic mass is 10.1. The van der Waals surface area contributed by atoms with Crippen LogP contribution in [0.25, 0.3) is 18.2 Å². The molecule has 1 aliphatic heterocycles. The van der Waals surface area contributed by atoms with Crippen molar-refractivity contribution in [2.45, 2.75) is 20.8 Å². The summed E-state index contributed by atoms with van der Waals surface area (Å²) in [7, 11) is 7.02. The van der Waals surface area contributed by atoms with Crippen molar-refractivity contribution in [2.24, 2.45) is 0 Å². The first-order valence-electron chi connectivity index (χ1n) is 16.4. The van der Waals surface area contributed by atoms with Crippen LogP contribution < -0.4 is 5.32 Å². The number of nitrogens with one attached hydrogen (secondary N) is 1. The Balaban J connectivity index is 0.000000256. The van der Waals surface area contributed by atoms with Gasteiger partial charge in [-0.3, -0.25) is 19.2 Å². The van der Waals surface area contributed by atoms with Gasteiger partial charge in [0.05, 0.1) is 20.3 Å². The van der Waals surface area contributed by atoms with Crippen molar-refractivity contribution in [3.8, 4) is 0 Å². The Hall–Kier alpha value is -4.83. The minimum Gasteiger partial charge on any atom is -0.378 e. The molecule has 1 heterocycles. The van der Waals surface area contributed by atoms with Gasteiger partial charge in [-0.1, -0.05) is 72.9 Å². The van der Waals surface area contributed by atoms with Crippen LogP contribution in [0.5, 0.6) is 0 Å². The third kappa shape index (κ3) is 14.9. The maximum Gasteiger partial charge on any atom is 0.277 e. The van der Waals surface area contributed by atoms with Crippen LogP contribution in [0.2, 0.25) is 0 Å². The normalized spacial score (nSPS) is 12.8. The van der Waals surface area contributed by atoms with Gasteiger partial charge >= 0.3 is 0 Å². The number of allylic oxidation sites excluding steroid dienone is 3. The highest BCUT2D eigenvalue weighted by molar-refractivity contribution is 5.95. The molecule has 0 aromatic heterocycles. The Morgan fingerprint density at radius 3 is 1.55 bits per heavy atom. The molecule has 3 aromatic rings. The fraction of sp³-hybridized carbons (Fsp3) is 0.325. The van der Waals surface area contributed by atoms with E-state index in [1.165, 1.54) is 12.2 Å². The lowest BCUT2D eigenvalue weighted by molar-refractivity contribution is -0.0756. The molecule has 1 aliphatic rings. The van der Waals surface area contributed by atoms with Gasteiger partial charge in [0, 0.05) is 49.9 Å². The summed E-state index contributed by atoms with van der Waals surface area (Å²) in [6, 6.07) is 22.7. The van der Waals surface area contributed by atoms with Crippen LogP contribution in [0.15, 0.2) is 91.0 Å². The molecule has 4 rings (SSSR count). The fourth-order valence-electron chi connectivity index (χ4n) is 4.51. The molecule has 3 amide bonds. The number of nitrogens with zero attached hydrogens (tertiary/aromatic N) is 3. The average Bonchev–Trinajstić information content (AvgIpc) is 3.13. The molecule has 0 atom stereocenters. The number of carbonyl (C=O) groups is 3. The monoisotopic (exact) mass is 668 g/mol. The molecular formula is C40H52N4O5. The summed E-state index contributed by atoms with van der Waals surface area (Å²) >= 11 is 0. The Bertz CT molecular complexity index is 1510. The Kier molecular flexibility index (Phi) is 18.7. The number of likely N-dealkylation sites (N-methyl/N-ethyl adjacent to an activating group) is 1. The summed E-state index contributed by atoms with van der Waals surface area (Å²) in [5.41, 5.74) is 5.38. The number of hydroxylamine groups is 2. The third-order valence-corrected chi connectivity index (χ3v) is 7.27. The van der Waals surface area contributed by atoms with E-state index in [1.807, 2.05) is 142 Å². The zero-order valence-corrected chi connectivity index (χ0v) is 30.0. The molecule has 0 saturated carbocycles. The van der Waals surface area contributed by atoms with Crippen LogP contribution in [0.3, 0.4) is 0 Å². The van der Waals surface area contributed by atoms with Gasteiger partial charge in [0.2, 0.25) is 0 Å². The van der Waals surface area contributed by atoms with Crippen LogP contribution in [0, 0.1) is 0 Å². The SMILES string of the molecule is C/C=C/c1ccc(C(=O)N(C)OC)cc1.C/C=C/c1ccc(C(=O)N2CCOCC2)cc1.C/C=C/c1ccc(C(=O)NCCN(C)C)cc1. The van der Waals surface area contributed by atoms with Gasteiger partial charge in [-0.25, -0.2) is 5.06 Å². The molecule has 1 saturated heterocycles. The minimum absolute atomic E-state index is 0.0149. The number of hydrogen-bond donors (Lipinski definition) is 1. The maximum absolute atomic E-state index is 12.1. The van der Waals surface area contributed by atoms with Crippen molar-refractivity contribution in [3.05, 3.63) is 124 Å². The molecule has 1 fully saturated rings. The molecule has 0 spiro atoms. The van der Waals surface area contributed by atoms with Crippen LogP contribution >= 0.6 is 0 Å². The Labute approximate surface area is 292 Å². The summed E-state index contributed by atoms with van der Waals surface area (Å²) in [6.07, 6.45) is 11.9. The van der Waals surface area contributed by atoms with Gasteiger partial charge in [0.25, 0.3) is 17.7 Å². The van der Waals surface area contributed by atoms with Crippen molar-refractivity contribution >= 4 is 35.9 Å². The van der Waals surface area contributed by atoms with E-state index in [-0.39, 0.29) is 17.7 Å². The van der Waals surface area contributed by atoms with Crippen molar-refractivity contribution in [2.75, 3.05) is 67.6 Å². The first-order valence-corrected chi connectivity index (χ1v) is 16.4. The first-order chi connectivity index (χ1) is 23.6. The second-order valence-electron chi connectivity index (χ2n) is 11.3. The molecule has 9 nitrogen and oxygen atoms in total. The molecular weight excluding hydrogens is 616 g/mol. The molecule has 3 aromatic carbocycles. The Morgan fingerprint density at radius 1 is 0.714 bits per heavy atom. The van der Waals surface area contributed by atoms with Crippen molar-refractivity contribution < 1.29 is 24.0 Å². The first kappa shape index (κ1) is 40.3. The highest BCUT2D eigenvalue weighted by Crippen LogP contribution is 2.11. The molecule has 0 bridgehead atoms. The highest BCUT2D eigenvalue weighted by atomic mass is 16.7. The number of benzene rings is 3. The number of amides is 3. The summed E-state index contributed by atoms with van der Waals surface area (Å²) in [6.45, 7) is 10.1. The van der Waals surface area contributed by atoms with E-state index in [0.717, 1.165) is 28.8 Å². The quantitative estimate of drug-likeness (QED) is 0.246. The van der Waals surface area contributed by atoms with Crippen molar-refractivity contribution in [3.63, 3.8) is 0 Å². The number of morpholine rings is 1. The zero-order valence-electron chi connectivity index (χ0n) is 30.0. The topological polar surface area (TPSA) is 91.4 Å². The smallest absolute Gasteiger partial charge is 0.277 e. The van der Waals surface area contributed by atoms with E-state index in [2.05, 4.69) is 5.32 Å². The van der Waals surface area contributed by atoms with E-state index in [1.54, 1.807) is 19.2 Å². The second kappa shape index (κ2) is 22.7. The van der Waals surface area contributed by atoms with Gasteiger partial charge < -0.3 is 19.9 Å². The van der Waals surface area contributed by atoms with E-state index in [4.69, 9.17) is 9.57 Å². The summed E-state index contributed by atoms with van der Waals surface area (Å²) in [5, 5.41) is 4.08. The Morgan fingerprint density at radius 2 is 1.14 bits per heavy atom. The average molecular weight is 669 g/mol. The van der Waals surface area contributed by atoms with E-state index in [9.17, 15) is 14.4 Å². The highest BCUT2D eigenvalue weighted by Gasteiger charge is 2.18. The lowest BCUT2D eigenvalue weighted by Crippen LogP contribution is -2.40. The van der Waals surface area contributed by atoms with Crippen LogP contribution in [0.1, 0.15) is 68.5 Å². The van der Waals surface area contributed by atoms with E-state index in [0.29, 0.717) is 44.0 Å². The van der Waals surface area contributed by atoms with Crippen LogP contribution in [0.4, 0.5) is 0 Å². The molecule has 1 N–H and O–H groups in total. The largest absolute Gasteiger partial charge is 0.378 e. The predicted octanol–water partition coefficient (Wildman–Crippen LogP) is 6.56. The minimum atomic E-state index is -0.149. The predicted molar refractivity (Wildman–Crippen MR) is 200 cm³/mol. The molecule has 0 unspecified atom stereocenters. The molecule has 0 aliphatic carbocycles. The summed E-state index contributed by atoms with van der Waals surface area (Å²) in [5.74, 6) is -0.0660. The second-order valence-corrected chi connectivity index (χ2v) is 11.3. The number of ether oxygens (including phenoxy) is 1. The number of hydrogen-bond acceptors (Lipinski definition) is 6. The number of carbonyl (C=O) groups excluding carboxylic acids is 3. The fourth-order valence-corrected chi connectivity index (χ4v) is 4.51. The molecule has 262 valence electrons. The van der Waals surface area contributed by atoms with Crippen molar-refractivity contribution in [1.29, 1.82) is 0 Å². The van der Waals surface area contributed by atoms with Gasteiger partial charge in [-0.05, 0) is 88.0 Å². The lowest BCUT2D eigenvalue weighted by Gasteiger charge is -2.26. The van der Waals surface area contributed by atoms with Crippen molar-refractivity contribution in [1.82, 2.24) is 20.2 Å². The zero-order chi connectivity index (χ0) is 36.0. The summed E-state index contributed by atoms with van der Waals surface area (Å²) < 4.78 is 5.23. The molecule has 49 heavy (non-hydrogen) atoms. The van der Waals surface area contributed by atoms with Gasteiger partial charge in [-0.15, -0.1) is 0 Å². The van der Waals surface area contributed by atoms with E-state index >= 15 is 0 Å². The molecule has 9 heteroatoms. The maximum atomic E-state index is 12.1. The van der Waals surface area contributed by atoms with Gasteiger partial charge in [-0.2, -0.15) is 0 Å².